The van der Waals surface area contributed by atoms with Gasteiger partial charge in [-0.05, 0) is 36.2 Å². The van der Waals surface area contributed by atoms with E-state index in [1.165, 1.54) is 6.07 Å². The number of amides is 2. The van der Waals surface area contributed by atoms with Gasteiger partial charge in [0.05, 0.1) is 7.11 Å². The van der Waals surface area contributed by atoms with Gasteiger partial charge in [0.2, 0.25) is 0 Å². The highest BCUT2D eigenvalue weighted by Gasteiger charge is 2.04. The lowest BCUT2D eigenvalue weighted by molar-refractivity contribution is 0.251. The summed E-state index contributed by atoms with van der Waals surface area (Å²) in [4.78, 5) is 11.8. The first kappa shape index (κ1) is 14.8. The summed E-state index contributed by atoms with van der Waals surface area (Å²) in [7, 11) is 1.57. The molecule has 2 aromatic carbocycles. The summed E-state index contributed by atoms with van der Waals surface area (Å²) in [5.74, 6) is 0.418. The van der Waals surface area contributed by atoms with Gasteiger partial charge in [0, 0.05) is 18.3 Å². The first-order chi connectivity index (χ1) is 10.1. The van der Waals surface area contributed by atoms with E-state index in [1.54, 1.807) is 50.4 Å². The molecule has 4 nitrogen and oxygen atoms in total. The van der Waals surface area contributed by atoms with Crippen LogP contribution in [0.5, 0.6) is 5.75 Å². The second-order valence-electron chi connectivity index (χ2n) is 4.62. The number of ether oxygens (including phenoxy) is 1. The van der Waals surface area contributed by atoms with Crippen LogP contribution in [0.25, 0.3) is 0 Å². The van der Waals surface area contributed by atoms with Crippen molar-refractivity contribution in [2.45, 2.75) is 13.5 Å². The Morgan fingerprint density at radius 3 is 2.76 bits per heavy atom. The molecule has 0 radical (unpaired) electrons. The molecular weight excluding hydrogens is 271 g/mol. The third-order valence-electron chi connectivity index (χ3n) is 3.00. The standard InChI is InChI=1S/C16H17FN2O2/c1-11-8-12(6-7-15(11)17)10-18-16(20)19-13-4-3-5-14(9-13)21-2/h3-9H,10H2,1-2H3,(H2,18,19,20). The van der Waals surface area contributed by atoms with Crippen LogP contribution in [0.1, 0.15) is 11.1 Å². The third kappa shape index (κ3) is 4.21. The molecule has 0 atom stereocenters. The highest BCUT2D eigenvalue weighted by Crippen LogP contribution is 2.16. The number of hydrogen-bond acceptors (Lipinski definition) is 2. The summed E-state index contributed by atoms with van der Waals surface area (Å²) in [5, 5.41) is 5.43. The number of carbonyl (C=O) groups is 1. The average Bonchev–Trinajstić information content (AvgIpc) is 2.48. The molecule has 21 heavy (non-hydrogen) atoms. The van der Waals surface area contributed by atoms with Crippen molar-refractivity contribution >= 4 is 11.7 Å². The summed E-state index contributed by atoms with van der Waals surface area (Å²) in [6.45, 7) is 2.02. The molecule has 0 aliphatic rings. The smallest absolute Gasteiger partial charge is 0.319 e. The van der Waals surface area contributed by atoms with Crippen molar-refractivity contribution in [3.05, 3.63) is 59.4 Å². The number of anilines is 1. The summed E-state index contributed by atoms with van der Waals surface area (Å²) < 4.78 is 18.2. The Kier molecular flexibility index (Phi) is 4.77. The molecule has 0 aromatic heterocycles. The van der Waals surface area contributed by atoms with E-state index in [0.29, 0.717) is 23.5 Å². The van der Waals surface area contributed by atoms with Crippen molar-refractivity contribution in [3.8, 4) is 5.75 Å². The van der Waals surface area contributed by atoms with Crippen molar-refractivity contribution in [3.63, 3.8) is 0 Å². The Bertz CT molecular complexity index is 644. The van der Waals surface area contributed by atoms with Crippen molar-refractivity contribution in [1.82, 2.24) is 5.32 Å². The van der Waals surface area contributed by atoms with Crippen LogP contribution in [0, 0.1) is 12.7 Å². The van der Waals surface area contributed by atoms with Crippen LogP contribution in [0.3, 0.4) is 0 Å². The molecule has 5 heteroatoms. The zero-order valence-corrected chi connectivity index (χ0v) is 11.9. The first-order valence-electron chi connectivity index (χ1n) is 6.52. The van der Waals surface area contributed by atoms with E-state index in [2.05, 4.69) is 10.6 Å². The molecule has 0 saturated carbocycles. The van der Waals surface area contributed by atoms with Crippen LogP contribution >= 0.6 is 0 Å². The van der Waals surface area contributed by atoms with Gasteiger partial charge in [-0.3, -0.25) is 0 Å². The van der Waals surface area contributed by atoms with Crippen molar-refractivity contribution in [2.24, 2.45) is 0 Å². The number of methoxy groups -OCH3 is 1. The van der Waals surface area contributed by atoms with Crippen LogP contribution in [-0.2, 0) is 6.54 Å². The zero-order valence-electron chi connectivity index (χ0n) is 11.9. The minimum atomic E-state index is -0.328. The molecule has 2 aromatic rings. The number of halogens is 1. The van der Waals surface area contributed by atoms with E-state index >= 15 is 0 Å². The second kappa shape index (κ2) is 6.74. The van der Waals surface area contributed by atoms with Gasteiger partial charge in [0.1, 0.15) is 11.6 Å². The molecule has 0 unspecified atom stereocenters. The molecule has 0 aliphatic carbocycles. The van der Waals surface area contributed by atoms with E-state index in [0.717, 1.165) is 5.56 Å². The van der Waals surface area contributed by atoms with E-state index in [9.17, 15) is 9.18 Å². The minimum absolute atomic E-state index is 0.250. The van der Waals surface area contributed by atoms with Gasteiger partial charge >= 0.3 is 6.03 Å². The maximum absolute atomic E-state index is 13.1. The van der Waals surface area contributed by atoms with Crippen LogP contribution in [-0.4, -0.2) is 13.1 Å². The number of hydrogen-bond donors (Lipinski definition) is 2. The fraction of sp³-hybridized carbons (Fsp3) is 0.188. The average molecular weight is 288 g/mol. The maximum Gasteiger partial charge on any atom is 0.319 e. The monoisotopic (exact) mass is 288 g/mol. The highest BCUT2D eigenvalue weighted by molar-refractivity contribution is 5.89. The lowest BCUT2D eigenvalue weighted by Gasteiger charge is -2.09. The predicted molar refractivity (Wildman–Crippen MR) is 80.0 cm³/mol. The zero-order chi connectivity index (χ0) is 15.2. The van der Waals surface area contributed by atoms with E-state index in [1.807, 2.05) is 0 Å². The Labute approximate surface area is 122 Å². The Hall–Kier alpha value is -2.56. The summed E-state index contributed by atoms with van der Waals surface area (Å²) >= 11 is 0. The fourth-order valence-corrected chi connectivity index (χ4v) is 1.88. The fourth-order valence-electron chi connectivity index (χ4n) is 1.88. The van der Waals surface area contributed by atoms with E-state index in [4.69, 9.17) is 4.74 Å². The molecule has 2 N–H and O–H groups in total. The molecule has 110 valence electrons. The summed E-state index contributed by atoms with van der Waals surface area (Å²) in [6, 6.07) is 11.5. The Morgan fingerprint density at radius 1 is 1.24 bits per heavy atom. The van der Waals surface area contributed by atoms with Crippen molar-refractivity contribution < 1.29 is 13.9 Å². The van der Waals surface area contributed by atoms with Crippen molar-refractivity contribution in [1.29, 1.82) is 0 Å². The van der Waals surface area contributed by atoms with E-state index in [-0.39, 0.29) is 11.8 Å². The van der Waals surface area contributed by atoms with Crippen LogP contribution in [0.2, 0.25) is 0 Å². The highest BCUT2D eigenvalue weighted by atomic mass is 19.1. The van der Waals surface area contributed by atoms with Gasteiger partial charge in [0.15, 0.2) is 0 Å². The Morgan fingerprint density at radius 2 is 2.05 bits per heavy atom. The molecular formula is C16H17FN2O2. The molecule has 2 amide bonds. The number of carbonyl (C=O) groups excluding carboxylic acids is 1. The molecule has 0 spiro atoms. The SMILES string of the molecule is COc1cccc(NC(=O)NCc2ccc(F)c(C)c2)c1. The van der Waals surface area contributed by atoms with Gasteiger partial charge in [-0.2, -0.15) is 0 Å². The maximum atomic E-state index is 13.1. The molecule has 0 saturated heterocycles. The second-order valence-corrected chi connectivity index (χ2v) is 4.62. The molecule has 2 rings (SSSR count). The quantitative estimate of drug-likeness (QED) is 0.905. The van der Waals surface area contributed by atoms with Gasteiger partial charge in [-0.25, -0.2) is 9.18 Å². The van der Waals surface area contributed by atoms with Gasteiger partial charge in [-0.1, -0.05) is 18.2 Å². The predicted octanol–water partition coefficient (Wildman–Crippen LogP) is 3.46. The molecule has 0 bridgehead atoms. The number of urea groups is 1. The number of rotatable bonds is 4. The number of aryl methyl sites for hydroxylation is 1. The van der Waals surface area contributed by atoms with Crippen molar-refractivity contribution in [2.75, 3.05) is 12.4 Å². The summed E-state index contributed by atoms with van der Waals surface area (Å²) in [5.41, 5.74) is 2.04. The largest absolute Gasteiger partial charge is 0.497 e. The van der Waals surface area contributed by atoms with Crippen LogP contribution < -0.4 is 15.4 Å². The Balaban J connectivity index is 1.90. The lowest BCUT2D eigenvalue weighted by Crippen LogP contribution is -2.28. The minimum Gasteiger partial charge on any atom is -0.497 e. The molecule has 0 heterocycles. The number of nitrogens with one attached hydrogen (secondary N) is 2. The lowest BCUT2D eigenvalue weighted by atomic mass is 10.1. The van der Waals surface area contributed by atoms with Gasteiger partial charge in [-0.15, -0.1) is 0 Å². The topological polar surface area (TPSA) is 50.4 Å². The van der Waals surface area contributed by atoms with Crippen LogP contribution in [0.4, 0.5) is 14.9 Å². The van der Waals surface area contributed by atoms with Gasteiger partial charge in [0.25, 0.3) is 0 Å². The van der Waals surface area contributed by atoms with E-state index < -0.39 is 0 Å². The summed E-state index contributed by atoms with van der Waals surface area (Å²) in [6.07, 6.45) is 0. The van der Waals surface area contributed by atoms with Crippen LogP contribution in [0.15, 0.2) is 42.5 Å². The number of benzene rings is 2. The first-order valence-corrected chi connectivity index (χ1v) is 6.52. The molecule has 0 fully saturated rings. The van der Waals surface area contributed by atoms with Gasteiger partial charge < -0.3 is 15.4 Å². The third-order valence-corrected chi connectivity index (χ3v) is 3.00. The molecule has 0 aliphatic heterocycles. The normalized spacial score (nSPS) is 10.0.